The molecule has 17 heavy (non-hydrogen) atoms. The number of nitrogens with zero attached hydrogens (tertiary/aromatic N) is 1. The van der Waals surface area contributed by atoms with E-state index in [1.165, 1.54) is 21.7 Å². The maximum Gasteiger partial charge on any atom is 0.246 e. The van der Waals surface area contributed by atoms with Gasteiger partial charge in [0.1, 0.15) is 0 Å². The van der Waals surface area contributed by atoms with E-state index in [9.17, 15) is 4.79 Å². The van der Waals surface area contributed by atoms with E-state index in [0.717, 1.165) is 18.4 Å². The van der Waals surface area contributed by atoms with Gasteiger partial charge in [0.2, 0.25) is 5.91 Å². The Morgan fingerprint density at radius 1 is 1.24 bits per heavy atom. The summed E-state index contributed by atoms with van der Waals surface area (Å²) in [4.78, 5) is 12.2. The number of benzene rings is 1. The molecule has 0 unspecified atom stereocenters. The van der Waals surface area contributed by atoms with Crippen LogP contribution in [-0.2, 0) is 10.2 Å². The number of hydrogen-bond acceptors (Lipinski definition) is 2. The van der Waals surface area contributed by atoms with Crippen LogP contribution in [0, 0.1) is 20.8 Å². The summed E-state index contributed by atoms with van der Waals surface area (Å²) in [5, 5.41) is 1.22. The zero-order valence-corrected chi connectivity index (χ0v) is 11.0. The van der Waals surface area contributed by atoms with Crippen molar-refractivity contribution in [3.8, 4) is 0 Å². The van der Waals surface area contributed by atoms with Gasteiger partial charge in [0.25, 0.3) is 0 Å². The van der Waals surface area contributed by atoms with Crippen LogP contribution in [-0.4, -0.2) is 18.0 Å². The van der Waals surface area contributed by atoms with E-state index < -0.39 is 0 Å². The minimum absolute atomic E-state index is 0.0313. The maximum absolute atomic E-state index is 12.2. The van der Waals surface area contributed by atoms with Gasteiger partial charge in [-0.3, -0.25) is 9.80 Å². The Hall–Kier alpha value is -1.35. The Balaban J connectivity index is 2.49. The first-order valence-corrected chi connectivity index (χ1v) is 6.00. The highest BCUT2D eigenvalue weighted by Gasteiger charge is 2.53. The molecule has 0 aliphatic heterocycles. The van der Waals surface area contributed by atoms with Gasteiger partial charge in [0.15, 0.2) is 0 Å². The maximum atomic E-state index is 12.2. The number of hydrazine groups is 1. The summed E-state index contributed by atoms with van der Waals surface area (Å²) in [6, 6.07) is 4.19. The van der Waals surface area contributed by atoms with Crippen LogP contribution in [0.3, 0.4) is 0 Å². The zero-order chi connectivity index (χ0) is 12.8. The summed E-state index contributed by atoms with van der Waals surface area (Å²) in [5.74, 6) is 5.63. The minimum atomic E-state index is -0.341. The SMILES string of the molecule is Cc1ccc(C2(C(=O)N(C)N)CC2)c(C)c1C. The van der Waals surface area contributed by atoms with Gasteiger partial charge in [0, 0.05) is 7.05 Å². The molecule has 3 heteroatoms. The lowest BCUT2D eigenvalue weighted by molar-refractivity contribution is -0.132. The molecule has 1 aliphatic carbocycles. The van der Waals surface area contributed by atoms with E-state index in [0.29, 0.717) is 0 Å². The molecule has 1 saturated carbocycles. The van der Waals surface area contributed by atoms with Crippen molar-refractivity contribution in [2.24, 2.45) is 5.84 Å². The first kappa shape index (κ1) is 12.1. The van der Waals surface area contributed by atoms with Gasteiger partial charge < -0.3 is 0 Å². The van der Waals surface area contributed by atoms with Gasteiger partial charge in [-0.15, -0.1) is 0 Å². The number of hydrogen-bond donors (Lipinski definition) is 1. The van der Waals surface area contributed by atoms with Crippen LogP contribution >= 0.6 is 0 Å². The molecule has 0 atom stereocenters. The van der Waals surface area contributed by atoms with Crippen LogP contribution in [0.15, 0.2) is 12.1 Å². The second kappa shape index (κ2) is 3.84. The summed E-state index contributed by atoms with van der Waals surface area (Å²) in [7, 11) is 1.62. The largest absolute Gasteiger partial charge is 0.283 e. The van der Waals surface area contributed by atoms with E-state index >= 15 is 0 Å². The normalized spacial score (nSPS) is 16.8. The van der Waals surface area contributed by atoms with Crippen LogP contribution in [0.5, 0.6) is 0 Å². The molecule has 0 aromatic heterocycles. The topological polar surface area (TPSA) is 46.3 Å². The summed E-state index contributed by atoms with van der Waals surface area (Å²) in [6.07, 6.45) is 1.83. The average Bonchev–Trinajstić information content (AvgIpc) is 3.06. The Kier molecular flexibility index (Phi) is 2.74. The first-order valence-electron chi connectivity index (χ1n) is 6.00. The molecule has 1 fully saturated rings. The minimum Gasteiger partial charge on any atom is -0.283 e. The summed E-state index contributed by atoms with van der Waals surface area (Å²) in [6.45, 7) is 6.31. The highest BCUT2D eigenvalue weighted by atomic mass is 16.2. The number of carbonyl (C=O) groups is 1. The lowest BCUT2D eigenvalue weighted by atomic mass is 9.87. The Morgan fingerprint density at radius 3 is 2.29 bits per heavy atom. The van der Waals surface area contributed by atoms with Crippen molar-refractivity contribution >= 4 is 5.91 Å². The zero-order valence-electron chi connectivity index (χ0n) is 11.0. The standard InChI is InChI=1S/C14H20N2O/c1-9-5-6-12(11(3)10(9)2)14(7-8-14)13(17)16(4)15/h5-6H,7-8,15H2,1-4H3. The fourth-order valence-corrected chi connectivity index (χ4v) is 2.54. The third kappa shape index (κ3) is 1.75. The molecule has 2 N–H and O–H groups in total. The highest BCUT2D eigenvalue weighted by molar-refractivity contribution is 5.91. The second-order valence-electron chi connectivity index (χ2n) is 5.18. The molecule has 92 valence electrons. The number of aryl methyl sites for hydroxylation is 1. The van der Waals surface area contributed by atoms with Gasteiger partial charge in [-0.2, -0.15) is 0 Å². The smallest absolute Gasteiger partial charge is 0.246 e. The van der Waals surface area contributed by atoms with Crippen LogP contribution in [0.4, 0.5) is 0 Å². The van der Waals surface area contributed by atoms with E-state index in [-0.39, 0.29) is 11.3 Å². The van der Waals surface area contributed by atoms with E-state index in [1.54, 1.807) is 7.05 Å². The predicted molar refractivity (Wildman–Crippen MR) is 68.5 cm³/mol. The second-order valence-corrected chi connectivity index (χ2v) is 5.18. The van der Waals surface area contributed by atoms with Crippen molar-refractivity contribution in [3.63, 3.8) is 0 Å². The number of likely N-dealkylation sites (N-methyl/N-ethyl adjacent to an activating group) is 1. The van der Waals surface area contributed by atoms with Gasteiger partial charge in [-0.05, 0) is 55.9 Å². The van der Waals surface area contributed by atoms with Crippen molar-refractivity contribution in [3.05, 3.63) is 34.4 Å². The first-order chi connectivity index (χ1) is 7.90. The quantitative estimate of drug-likeness (QED) is 0.481. The van der Waals surface area contributed by atoms with E-state index in [4.69, 9.17) is 5.84 Å². The van der Waals surface area contributed by atoms with E-state index in [1.807, 2.05) is 0 Å². The van der Waals surface area contributed by atoms with Gasteiger partial charge in [0.05, 0.1) is 5.41 Å². The van der Waals surface area contributed by atoms with Crippen molar-refractivity contribution in [1.82, 2.24) is 5.01 Å². The molecule has 0 heterocycles. The fraction of sp³-hybridized carbons (Fsp3) is 0.500. The summed E-state index contributed by atoms with van der Waals surface area (Å²) >= 11 is 0. The average molecular weight is 232 g/mol. The molecule has 1 aromatic rings. The predicted octanol–water partition coefficient (Wildman–Crippen LogP) is 1.98. The lowest BCUT2D eigenvalue weighted by Gasteiger charge is -2.22. The lowest BCUT2D eigenvalue weighted by Crippen LogP contribution is -2.41. The number of amides is 1. The van der Waals surface area contributed by atoms with Crippen molar-refractivity contribution in [2.45, 2.75) is 39.0 Å². The molecule has 0 spiro atoms. The van der Waals surface area contributed by atoms with Crippen LogP contribution in [0.2, 0.25) is 0 Å². The molecule has 0 saturated heterocycles. The van der Waals surface area contributed by atoms with Gasteiger partial charge >= 0.3 is 0 Å². The van der Waals surface area contributed by atoms with Crippen LogP contribution in [0.1, 0.15) is 35.1 Å². The highest BCUT2D eigenvalue weighted by Crippen LogP contribution is 2.50. The van der Waals surface area contributed by atoms with Crippen molar-refractivity contribution < 1.29 is 4.79 Å². The molecule has 0 radical (unpaired) electrons. The van der Waals surface area contributed by atoms with Crippen molar-refractivity contribution in [2.75, 3.05) is 7.05 Å². The molecule has 2 rings (SSSR count). The molecule has 3 nitrogen and oxygen atoms in total. The van der Waals surface area contributed by atoms with Gasteiger partial charge in [-0.1, -0.05) is 12.1 Å². The number of carbonyl (C=O) groups excluding carboxylic acids is 1. The van der Waals surface area contributed by atoms with Gasteiger partial charge in [-0.25, -0.2) is 5.84 Å². The third-order valence-corrected chi connectivity index (χ3v) is 4.05. The molecule has 1 aliphatic rings. The van der Waals surface area contributed by atoms with E-state index in [2.05, 4.69) is 32.9 Å². The summed E-state index contributed by atoms with van der Waals surface area (Å²) in [5.41, 5.74) is 4.60. The molecular weight excluding hydrogens is 212 g/mol. The Labute approximate surface area is 103 Å². The molecule has 1 aromatic carbocycles. The van der Waals surface area contributed by atoms with Crippen LogP contribution in [0.25, 0.3) is 0 Å². The molecular formula is C14H20N2O. The number of nitrogens with two attached hydrogens (primary N) is 1. The summed E-state index contributed by atoms with van der Waals surface area (Å²) < 4.78 is 0. The Morgan fingerprint density at radius 2 is 1.82 bits per heavy atom. The fourth-order valence-electron chi connectivity index (χ4n) is 2.54. The molecule has 1 amide bonds. The van der Waals surface area contributed by atoms with Crippen LogP contribution < -0.4 is 5.84 Å². The van der Waals surface area contributed by atoms with Crippen molar-refractivity contribution in [1.29, 1.82) is 0 Å². The Bertz CT molecular complexity index is 473. The molecule has 0 bridgehead atoms. The third-order valence-electron chi connectivity index (χ3n) is 4.05. The number of rotatable bonds is 2. The monoisotopic (exact) mass is 232 g/mol.